The number of carbonyl (C=O) groups excluding carboxylic acids is 1. The number of allylic oxidation sites excluding steroid dienone is 1. The predicted octanol–water partition coefficient (Wildman–Crippen LogP) is 4.36. The first kappa shape index (κ1) is 37.3. The molecule has 2 bridgehead atoms. The number of aliphatic imine (C=N–C) groups is 1. The molecular formula is C44H50N4O7. The zero-order valence-corrected chi connectivity index (χ0v) is 31.3. The number of phenols is 1. The number of ketones is 1. The van der Waals surface area contributed by atoms with Gasteiger partial charge in [0.1, 0.15) is 23.7 Å². The summed E-state index contributed by atoms with van der Waals surface area (Å²) in [5.74, 6) is 10.2. The van der Waals surface area contributed by atoms with E-state index in [2.05, 4.69) is 34.1 Å². The van der Waals surface area contributed by atoms with Crippen LogP contribution in [0.3, 0.4) is 0 Å². The average Bonchev–Trinajstić information content (AvgIpc) is 3.90. The molecule has 1 aliphatic carbocycles. The third-order valence-corrected chi connectivity index (χ3v) is 12.2. The maximum absolute atomic E-state index is 12.9. The van der Waals surface area contributed by atoms with Crippen molar-refractivity contribution in [2.24, 2.45) is 22.1 Å². The van der Waals surface area contributed by atoms with Crippen molar-refractivity contribution in [3.63, 3.8) is 0 Å². The van der Waals surface area contributed by atoms with Crippen molar-refractivity contribution in [2.75, 3.05) is 13.1 Å². The summed E-state index contributed by atoms with van der Waals surface area (Å²) in [5.41, 5.74) is 13.5. The fourth-order valence-electron chi connectivity index (χ4n) is 9.24. The molecule has 0 amide bonds. The molecule has 1 saturated carbocycles. The number of rotatable bonds is 9. The summed E-state index contributed by atoms with van der Waals surface area (Å²) >= 11 is 0. The van der Waals surface area contributed by atoms with Gasteiger partial charge in [0.2, 0.25) is 0 Å². The fraction of sp³-hybridized carbons (Fsp3) is 0.500. The molecule has 6 aliphatic rings. The Morgan fingerprint density at radius 3 is 2.76 bits per heavy atom. The lowest BCUT2D eigenvalue weighted by molar-refractivity contribution is -0.121. The van der Waals surface area contributed by atoms with E-state index in [0.717, 1.165) is 84.2 Å². The first-order valence-corrected chi connectivity index (χ1v) is 19.8. The number of nitrogens with two attached hydrogens (primary N) is 1. The monoisotopic (exact) mass is 746 g/mol. The maximum atomic E-state index is 12.9. The molecule has 7 N–H and O–H groups in total. The molecule has 0 radical (unpaired) electrons. The van der Waals surface area contributed by atoms with Crippen LogP contribution in [0.25, 0.3) is 0 Å². The van der Waals surface area contributed by atoms with Crippen LogP contribution in [0.2, 0.25) is 0 Å². The number of aliphatic hydroxyl groups is 3. The Labute approximate surface area is 322 Å². The highest BCUT2D eigenvalue weighted by Crippen LogP contribution is 2.49. The molecule has 0 saturated heterocycles. The Hall–Kier alpha value is -4.62. The third kappa shape index (κ3) is 7.40. The van der Waals surface area contributed by atoms with Crippen molar-refractivity contribution in [3.8, 4) is 41.1 Å². The van der Waals surface area contributed by atoms with Gasteiger partial charge in [0.15, 0.2) is 17.7 Å². The number of carbonyl (C=O) groups is 1. The summed E-state index contributed by atoms with van der Waals surface area (Å²) in [6.45, 7) is 3.25. The third-order valence-electron chi connectivity index (χ3n) is 12.2. The molecule has 8 rings (SSSR count). The maximum Gasteiger partial charge on any atom is 0.187 e. The minimum atomic E-state index is -1.06. The van der Waals surface area contributed by atoms with Gasteiger partial charge < -0.3 is 40.5 Å². The molecule has 11 heteroatoms. The number of aliphatic hydroxyl groups excluding tert-OH is 3. The second-order valence-electron chi connectivity index (χ2n) is 15.9. The number of nitrogens with one attached hydrogen (secondary N) is 1. The summed E-state index contributed by atoms with van der Waals surface area (Å²) in [6.07, 6.45) is 9.96. The number of aryl methyl sites for hydroxylation is 1. The molecule has 6 unspecified atom stereocenters. The molecule has 55 heavy (non-hydrogen) atoms. The normalized spacial score (nSPS) is 25.3. The largest absolute Gasteiger partial charge is 0.508 e. The van der Waals surface area contributed by atoms with E-state index in [9.17, 15) is 25.2 Å². The van der Waals surface area contributed by atoms with Gasteiger partial charge in [0, 0.05) is 56.4 Å². The molecule has 2 aromatic rings. The van der Waals surface area contributed by atoms with Crippen LogP contribution in [0.1, 0.15) is 105 Å². The number of fused-ring (bicyclic) bond motifs is 8. The van der Waals surface area contributed by atoms with Gasteiger partial charge in [0.05, 0.1) is 35.4 Å². The van der Waals surface area contributed by atoms with Crippen LogP contribution in [0, 0.1) is 35.2 Å². The number of benzene rings is 2. The van der Waals surface area contributed by atoms with E-state index in [4.69, 9.17) is 20.2 Å². The van der Waals surface area contributed by atoms with Gasteiger partial charge in [-0.3, -0.25) is 15.1 Å². The highest BCUT2D eigenvalue weighted by atomic mass is 16.5. The van der Waals surface area contributed by atoms with Crippen LogP contribution in [0.4, 0.5) is 0 Å². The van der Waals surface area contributed by atoms with E-state index in [1.54, 1.807) is 6.07 Å². The molecular weight excluding hydrogens is 697 g/mol. The summed E-state index contributed by atoms with van der Waals surface area (Å²) in [6, 6.07) is 7.15. The SMILES string of the molecule is CCCC(O)CC(O)CC(=O)CCc1cc2c(cc1O)OC#CC1(CCCC1)C1C#CC(O)c3ccc4c(c3CC3=C5CN(C=C5N=C3)C1O2)CCNC4N. The quantitative estimate of drug-likeness (QED) is 0.203. The summed E-state index contributed by atoms with van der Waals surface area (Å²) in [4.78, 5) is 19.9. The first-order chi connectivity index (χ1) is 26.6. The molecule has 2 aromatic carbocycles. The Morgan fingerprint density at radius 1 is 1.13 bits per heavy atom. The van der Waals surface area contributed by atoms with Gasteiger partial charge in [-0.25, -0.2) is 0 Å². The average molecular weight is 747 g/mol. The van der Waals surface area contributed by atoms with Gasteiger partial charge in [-0.1, -0.05) is 56.1 Å². The van der Waals surface area contributed by atoms with Crippen LogP contribution < -0.4 is 20.5 Å². The van der Waals surface area contributed by atoms with Crippen LogP contribution in [-0.4, -0.2) is 68.8 Å². The first-order valence-electron chi connectivity index (χ1n) is 19.8. The number of hydrogen-bond acceptors (Lipinski definition) is 11. The molecule has 11 nitrogen and oxygen atoms in total. The van der Waals surface area contributed by atoms with E-state index >= 15 is 0 Å². The Morgan fingerprint density at radius 2 is 1.95 bits per heavy atom. The Kier molecular flexibility index (Phi) is 10.5. The number of ether oxygens (including phenoxy) is 2. The van der Waals surface area contributed by atoms with Crippen LogP contribution in [0.15, 0.2) is 52.3 Å². The van der Waals surface area contributed by atoms with Gasteiger partial charge in [-0.05, 0) is 78.0 Å². The number of phenolic OH excluding ortho intramolecular Hbond substituents is 1. The standard InChI is InChI=1S/C44H50N4O7/c1-2-5-28(49)20-30(51)21-29(50)7-6-26-19-41-40(22-39(26)53)54-17-15-44(13-3-4-14-44)36-10-11-38(52)32-8-9-33-31(12-16-46-42(33)45)34(32)18-27-23-47-37-25-48(24-35(27)37)43(36)55-41/h8-9,19,22-23,25,28,30,36,38,42-43,46,49,51-53H,2-7,12-14,16,18,20-21,24,45H2,1H3. The van der Waals surface area contributed by atoms with Crippen molar-refractivity contribution in [3.05, 3.63) is 75.1 Å². The van der Waals surface area contributed by atoms with Crippen LogP contribution in [0.5, 0.6) is 17.2 Å². The number of aromatic hydroxyl groups is 1. The van der Waals surface area contributed by atoms with Gasteiger partial charge in [0.25, 0.3) is 0 Å². The van der Waals surface area contributed by atoms with E-state index in [1.807, 2.05) is 31.5 Å². The van der Waals surface area contributed by atoms with E-state index in [1.165, 1.54) is 6.07 Å². The molecule has 1 fully saturated rings. The zero-order valence-electron chi connectivity index (χ0n) is 31.3. The van der Waals surface area contributed by atoms with Crippen LogP contribution >= 0.6 is 0 Å². The van der Waals surface area contributed by atoms with E-state index < -0.39 is 35.9 Å². The lowest BCUT2D eigenvalue weighted by atomic mass is 9.73. The second kappa shape index (κ2) is 15.5. The summed E-state index contributed by atoms with van der Waals surface area (Å²) in [7, 11) is 0. The van der Waals surface area contributed by atoms with Crippen molar-refractivity contribution in [2.45, 2.75) is 115 Å². The second-order valence-corrected chi connectivity index (χ2v) is 15.9. The van der Waals surface area contributed by atoms with Gasteiger partial charge in [-0.2, -0.15) is 0 Å². The van der Waals surface area contributed by atoms with Crippen molar-refractivity contribution < 1.29 is 34.7 Å². The van der Waals surface area contributed by atoms with E-state index in [0.29, 0.717) is 30.7 Å². The van der Waals surface area contributed by atoms with Crippen molar-refractivity contribution in [1.82, 2.24) is 10.2 Å². The molecule has 5 heterocycles. The molecule has 5 aliphatic heterocycles. The van der Waals surface area contributed by atoms with E-state index in [-0.39, 0.29) is 49.1 Å². The molecule has 6 atom stereocenters. The minimum Gasteiger partial charge on any atom is -0.508 e. The summed E-state index contributed by atoms with van der Waals surface area (Å²) in [5, 5.41) is 46.8. The lowest BCUT2D eigenvalue weighted by Gasteiger charge is -2.39. The smallest absolute Gasteiger partial charge is 0.187 e. The van der Waals surface area contributed by atoms with Crippen molar-refractivity contribution in [1.29, 1.82) is 0 Å². The molecule has 0 aromatic heterocycles. The number of nitrogens with zero attached hydrogens (tertiary/aromatic N) is 2. The number of hydrogen-bond donors (Lipinski definition) is 6. The molecule has 1 spiro atoms. The Balaban J connectivity index is 1.16. The number of Topliss-reactive ketones (excluding diaryl/α,β-unsaturated/α-hetero) is 1. The van der Waals surface area contributed by atoms with Gasteiger partial charge in [-0.15, -0.1) is 0 Å². The Bertz CT molecular complexity index is 2080. The fourth-order valence-corrected chi connectivity index (χ4v) is 9.24. The molecule has 288 valence electrons. The predicted molar refractivity (Wildman–Crippen MR) is 207 cm³/mol. The zero-order chi connectivity index (χ0) is 38.3. The minimum absolute atomic E-state index is 0.0524. The topological polar surface area (TPSA) is 170 Å². The summed E-state index contributed by atoms with van der Waals surface area (Å²) < 4.78 is 13.0. The highest BCUT2D eigenvalue weighted by molar-refractivity contribution is 5.88. The van der Waals surface area contributed by atoms with Crippen LogP contribution in [-0.2, 0) is 24.1 Å². The van der Waals surface area contributed by atoms with Crippen molar-refractivity contribution >= 4 is 12.0 Å². The highest BCUT2D eigenvalue weighted by Gasteiger charge is 2.48. The lowest BCUT2D eigenvalue weighted by Crippen LogP contribution is -2.47. The van der Waals surface area contributed by atoms with Gasteiger partial charge >= 0.3 is 0 Å².